The van der Waals surface area contributed by atoms with Gasteiger partial charge in [0, 0.05) is 12.0 Å². The van der Waals surface area contributed by atoms with Gasteiger partial charge in [-0.25, -0.2) is 5.10 Å². The highest BCUT2D eigenvalue weighted by atomic mass is 16.1. The van der Waals surface area contributed by atoms with Crippen LogP contribution in [-0.2, 0) is 6.42 Å². The van der Waals surface area contributed by atoms with E-state index in [1.165, 1.54) is 10.8 Å². The van der Waals surface area contributed by atoms with Crippen LogP contribution in [0.1, 0.15) is 16.8 Å². The van der Waals surface area contributed by atoms with Gasteiger partial charge in [0.15, 0.2) is 0 Å². The SMILES string of the molecule is Cc1cc(Cc2cccc3ccccc23)c(=O)[nH]n1. The van der Waals surface area contributed by atoms with Crippen LogP contribution in [0.25, 0.3) is 10.8 Å². The van der Waals surface area contributed by atoms with E-state index in [2.05, 4.69) is 34.5 Å². The minimum Gasteiger partial charge on any atom is -0.268 e. The molecule has 2 aromatic carbocycles. The fourth-order valence-corrected chi connectivity index (χ4v) is 2.34. The summed E-state index contributed by atoms with van der Waals surface area (Å²) in [7, 11) is 0. The first-order valence-corrected chi connectivity index (χ1v) is 6.26. The zero-order valence-electron chi connectivity index (χ0n) is 10.7. The van der Waals surface area contributed by atoms with Crippen molar-refractivity contribution in [2.24, 2.45) is 0 Å². The summed E-state index contributed by atoms with van der Waals surface area (Å²) in [5.74, 6) is 0. The lowest BCUT2D eigenvalue weighted by molar-refractivity contribution is 0.914. The Morgan fingerprint density at radius 3 is 2.74 bits per heavy atom. The number of fused-ring (bicyclic) bond motifs is 1. The molecule has 0 fully saturated rings. The average molecular weight is 250 g/mol. The van der Waals surface area contributed by atoms with Crippen LogP contribution in [0.15, 0.2) is 53.3 Å². The largest absolute Gasteiger partial charge is 0.268 e. The molecule has 0 aliphatic carbocycles. The second-order valence-electron chi connectivity index (χ2n) is 4.68. The van der Waals surface area contributed by atoms with Crippen LogP contribution >= 0.6 is 0 Å². The number of hydrogen-bond acceptors (Lipinski definition) is 2. The third kappa shape index (κ3) is 2.27. The molecule has 0 spiro atoms. The quantitative estimate of drug-likeness (QED) is 0.760. The summed E-state index contributed by atoms with van der Waals surface area (Å²) >= 11 is 0. The average Bonchev–Trinajstić information content (AvgIpc) is 2.43. The summed E-state index contributed by atoms with van der Waals surface area (Å²) in [4.78, 5) is 11.8. The van der Waals surface area contributed by atoms with Gasteiger partial charge in [-0.05, 0) is 29.3 Å². The van der Waals surface area contributed by atoms with Gasteiger partial charge in [-0.3, -0.25) is 4.79 Å². The van der Waals surface area contributed by atoms with Crippen molar-refractivity contribution in [2.45, 2.75) is 13.3 Å². The number of aromatic nitrogens is 2. The molecular formula is C16H14N2O. The highest BCUT2D eigenvalue weighted by molar-refractivity contribution is 5.85. The molecule has 3 heteroatoms. The van der Waals surface area contributed by atoms with Gasteiger partial charge in [0.25, 0.3) is 5.56 Å². The predicted octanol–water partition coefficient (Wildman–Crippen LogP) is 2.82. The molecule has 1 N–H and O–H groups in total. The third-order valence-electron chi connectivity index (χ3n) is 3.27. The van der Waals surface area contributed by atoms with Crippen LogP contribution in [0.4, 0.5) is 0 Å². The van der Waals surface area contributed by atoms with E-state index >= 15 is 0 Å². The molecular weight excluding hydrogens is 236 g/mol. The molecule has 3 aromatic rings. The Kier molecular flexibility index (Phi) is 2.88. The summed E-state index contributed by atoms with van der Waals surface area (Å²) in [6.45, 7) is 1.88. The van der Waals surface area contributed by atoms with Gasteiger partial charge in [0.2, 0.25) is 0 Å². The van der Waals surface area contributed by atoms with Crippen LogP contribution in [0.3, 0.4) is 0 Å². The Morgan fingerprint density at radius 1 is 1.05 bits per heavy atom. The van der Waals surface area contributed by atoms with Crippen LogP contribution in [0.5, 0.6) is 0 Å². The van der Waals surface area contributed by atoms with Crippen LogP contribution in [0.2, 0.25) is 0 Å². The van der Waals surface area contributed by atoms with E-state index in [9.17, 15) is 4.79 Å². The van der Waals surface area contributed by atoms with Crippen molar-refractivity contribution in [3.63, 3.8) is 0 Å². The Balaban J connectivity index is 2.11. The van der Waals surface area contributed by atoms with Crippen molar-refractivity contribution in [3.8, 4) is 0 Å². The summed E-state index contributed by atoms with van der Waals surface area (Å²) < 4.78 is 0. The molecule has 1 aromatic heterocycles. The molecule has 0 saturated heterocycles. The molecule has 0 bridgehead atoms. The predicted molar refractivity (Wildman–Crippen MR) is 76.3 cm³/mol. The van der Waals surface area contributed by atoms with Crippen molar-refractivity contribution in [1.82, 2.24) is 10.2 Å². The van der Waals surface area contributed by atoms with Gasteiger partial charge >= 0.3 is 0 Å². The van der Waals surface area contributed by atoms with Crippen molar-refractivity contribution in [2.75, 3.05) is 0 Å². The van der Waals surface area contributed by atoms with Gasteiger partial charge in [0.1, 0.15) is 0 Å². The second kappa shape index (κ2) is 4.69. The number of hydrogen-bond donors (Lipinski definition) is 1. The first kappa shape index (κ1) is 11.7. The smallest absolute Gasteiger partial charge is 0.267 e. The minimum atomic E-state index is -0.112. The fourth-order valence-electron chi connectivity index (χ4n) is 2.34. The number of aryl methyl sites for hydroxylation is 1. The summed E-state index contributed by atoms with van der Waals surface area (Å²) in [5, 5.41) is 8.83. The zero-order valence-corrected chi connectivity index (χ0v) is 10.7. The number of aromatic amines is 1. The molecule has 94 valence electrons. The maximum Gasteiger partial charge on any atom is 0.267 e. The molecule has 0 atom stereocenters. The Morgan fingerprint density at radius 2 is 1.84 bits per heavy atom. The summed E-state index contributed by atoms with van der Waals surface area (Å²) in [6.07, 6.45) is 0.625. The minimum absolute atomic E-state index is 0.112. The molecule has 3 rings (SSSR count). The van der Waals surface area contributed by atoms with Crippen LogP contribution in [0, 0.1) is 6.92 Å². The van der Waals surface area contributed by atoms with Crippen LogP contribution < -0.4 is 5.56 Å². The number of nitrogens with zero attached hydrogens (tertiary/aromatic N) is 1. The summed E-state index contributed by atoms with van der Waals surface area (Å²) in [6, 6.07) is 16.2. The molecule has 3 nitrogen and oxygen atoms in total. The van der Waals surface area contributed by atoms with E-state index in [0.29, 0.717) is 6.42 Å². The van der Waals surface area contributed by atoms with Gasteiger partial charge in [-0.15, -0.1) is 0 Å². The zero-order chi connectivity index (χ0) is 13.2. The molecule has 0 amide bonds. The molecule has 0 radical (unpaired) electrons. The summed E-state index contributed by atoms with van der Waals surface area (Å²) in [5.41, 5.74) is 2.63. The topological polar surface area (TPSA) is 45.8 Å². The van der Waals surface area contributed by atoms with Crippen molar-refractivity contribution < 1.29 is 0 Å². The highest BCUT2D eigenvalue weighted by Gasteiger charge is 2.05. The highest BCUT2D eigenvalue weighted by Crippen LogP contribution is 2.20. The first-order chi connectivity index (χ1) is 9.24. The normalized spacial score (nSPS) is 10.8. The molecule has 0 aliphatic heterocycles. The van der Waals surface area contributed by atoms with Gasteiger partial charge in [0.05, 0.1) is 5.69 Å². The maximum atomic E-state index is 11.8. The van der Waals surface area contributed by atoms with Crippen molar-refractivity contribution in [3.05, 3.63) is 75.7 Å². The Hall–Kier alpha value is -2.42. The van der Waals surface area contributed by atoms with Crippen LogP contribution in [-0.4, -0.2) is 10.2 Å². The first-order valence-electron chi connectivity index (χ1n) is 6.26. The van der Waals surface area contributed by atoms with E-state index in [1.54, 1.807) is 0 Å². The van der Waals surface area contributed by atoms with Gasteiger partial charge < -0.3 is 0 Å². The van der Waals surface area contributed by atoms with Crippen molar-refractivity contribution in [1.29, 1.82) is 0 Å². The van der Waals surface area contributed by atoms with Crippen molar-refractivity contribution >= 4 is 10.8 Å². The van der Waals surface area contributed by atoms with Gasteiger partial charge in [-0.1, -0.05) is 42.5 Å². The second-order valence-corrected chi connectivity index (χ2v) is 4.68. The van der Waals surface area contributed by atoms with E-state index < -0.39 is 0 Å². The number of nitrogens with one attached hydrogen (secondary N) is 1. The Bertz CT molecular complexity index is 785. The number of H-pyrrole nitrogens is 1. The Labute approximate surface area is 110 Å². The molecule has 0 unspecified atom stereocenters. The van der Waals surface area contributed by atoms with E-state index in [0.717, 1.165) is 16.8 Å². The lowest BCUT2D eigenvalue weighted by Crippen LogP contribution is -2.15. The lowest BCUT2D eigenvalue weighted by atomic mass is 9.99. The third-order valence-corrected chi connectivity index (χ3v) is 3.27. The molecule has 0 saturated carbocycles. The van der Waals surface area contributed by atoms with E-state index in [1.807, 2.05) is 31.2 Å². The van der Waals surface area contributed by atoms with Gasteiger partial charge in [-0.2, -0.15) is 5.10 Å². The number of rotatable bonds is 2. The molecule has 19 heavy (non-hydrogen) atoms. The maximum absolute atomic E-state index is 11.8. The lowest BCUT2D eigenvalue weighted by Gasteiger charge is -2.06. The molecule has 0 aliphatic rings. The van der Waals surface area contributed by atoms with E-state index in [-0.39, 0.29) is 5.56 Å². The fraction of sp³-hybridized carbons (Fsp3) is 0.125. The standard InChI is InChI=1S/C16H14N2O/c1-11-9-14(16(19)18-17-11)10-13-7-4-6-12-5-2-3-8-15(12)13/h2-9H,10H2,1H3,(H,18,19). The number of benzene rings is 2. The molecule has 1 heterocycles. The van der Waals surface area contributed by atoms with E-state index in [4.69, 9.17) is 0 Å². The monoisotopic (exact) mass is 250 g/mol.